The summed E-state index contributed by atoms with van der Waals surface area (Å²) in [6.07, 6.45) is -0.503. The van der Waals surface area contributed by atoms with Gasteiger partial charge in [-0.25, -0.2) is 14.8 Å². The van der Waals surface area contributed by atoms with E-state index in [1.165, 1.54) is 11.0 Å². The number of nitrogens with one attached hydrogen (secondary N) is 1. The monoisotopic (exact) mass is 540 g/mol. The van der Waals surface area contributed by atoms with Gasteiger partial charge in [-0.1, -0.05) is 30.3 Å². The smallest absolute Gasteiger partial charge is 0.409 e. The third-order valence-electron chi connectivity index (χ3n) is 5.79. The summed E-state index contributed by atoms with van der Waals surface area (Å²) in [6, 6.07) is 9.35. The first-order chi connectivity index (χ1) is 18.5. The maximum absolute atomic E-state index is 13.5. The Morgan fingerprint density at radius 2 is 1.67 bits per heavy atom. The Hall–Kier alpha value is -4.22. The van der Waals surface area contributed by atoms with Crippen LogP contribution in [-0.2, 0) is 19.1 Å². The summed E-state index contributed by atoms with van der Waals surface area (Å²) in [4.78, 5) is 62.8. The van der Waals surface area contributed by atoms with Crippen molar-refractivity contribution in [3.05, 3.63) is 42.1 Å². The van der Waals surface area contributed by atoms with E-state index >= 15 is 0 Å². The Morgan fingerprint density at radius 1 is 1.03 bits per heavy atom. The number of anilines is 1. The highest BCUT2D eigenvalue weighted by atomic mass is 16.6. The second-order valence-corrected chi connectivity index (χ2v) is 10.0. The molecule has 0 bridgehead atoms. The fourth-order valence-corrected chi connectivity index (χ4v) is 3.99. The number of amides is 3. The molecule has 1 aromatic carbocycles. The van der Waals surface area contributed by atoms with E-state index in [0.717, 1.165) is 0 Å². The van der Waals surface area contributed by atoms with Gasteiger partial charge in [0.1, 0.15) is 23.2 Å². The van der Waals surface area contributed by atoms with Gasteiger partial charge in [0.15, 0.2) is 5.82 Å². The SMILES string of the molecule is CCOC(=O)N1CCN(C(=O)[C@H](CCC(=O)OC(C)(C)C)NC(=O)c2cc(N)nc(-c3ccccc3)n2)CC1. The highest BCUT2D eigenvalue weighted by Gasteiger charge is 2.32. The van der Waals surface area contributed by atoms with Gasteiger partial charge in [-0.15, -0.1) is 0 Å². The molecule has 0 aliphatic carbocycles. The molecule has 2 aromatic rings. The van der Waals surface area contributed by atoms with Crippen molar-refractivity contribution in [3.63, 3.8) is 0 Å². The fraction of sp³-hybridized carbons (Fsp3) is 0.481. The number of nitrogens with zero attached hydrogens (tertiary/aromatic N) is 4. The molecule has 1 atom stereocenters. The van der Waals surface area contributed by atoms with Gasteiger partial charge in [0.25, 0.3) is 5.91 Å². The quantitative estimate of drug-likeness (QED) is 0.479. The van der Waals surface area contributed by atoms with Gasteiger partial charge in [-0.3, -0.25) is 14.4 Å². The lowest BCUT2D eigenvalue weighted by Gasteiger charge is -2.36. The molecule has 1 aliphatic heterocycles. The highest BCUT2D eigenvalue weighted by Crippen LogP contribution is 2.17. The molecular weight excluding hydrogens is 504 g/mol. The summed E-state index contributed by atoms with van der Waals surface area (Å²) in [5.74, 6) is -1.12. The molecule has 3 N–H and O–H groups in total. The molecule has 12 heteroatoms. The Labute approximate surface area is 227 Å². The van der Waals surface area contributed by atoms with E-state index in [1.54, 1.807) is 44.7 Å². The Balaban J connectivity index is 1.76. The standard InChI is InChI=1S/C27H36N6O6/c1-5-38-26(37)33-15-13-32(14-16-33)25(36)19(11-12-22(34)39-27(2,3)4)30-24(35)20-17-21(28)31-23(29-20)18-9-7-6-8-10-18/h6-10,17,19H,5,11-16H2,1-4H3,(H,30,35)(H2,28,29,31)/t19-/m0/s1. The predicted molar refractivity (Wildman–Crippen MR) is 143 cm³/mol. The summed E-state index contributed by atoms with van der Waals surface area (Å²) >= 11 is 0. The lowest BCUT2D eigenvalue weighted by molar-refractivity contribution is -0.155. The summed E-state index contributed by atoms with van der Waals surface area (Å²) in [7, 11) is 0. The molecule has 210 valence electrons. The van der Waals surface area contributed by atoms with E-state index in [4.69, 9.17) is 15.2 Å². The van der Waals surface area contributed by atoms with Crippen molar-refractivity contribution < 1.29 is 28.7 Å². The topological polar surface area (TPSA) is 157 Å². The number of benzene rings is 1. The number of hydrogen-bond acceptors (Lipinski definition) is 9. The normalized spacial score (nSPS) is 14.4. The zero-order chi connectivity index (χ0) is 28.6. The Kier molecular flexibility index (Phi) is 9.80. The van der Waals surface area contributed by atoms with Crippen LogP contribution in [0.4, 0.5) is 10.6 Å². The molecule has 12 nitrogen and oxygen atoms in total. The van der Waals surface area contributed by atoms with Crippen LogP contribution in [0.1, 0.15) is 51.0 Å². The fourth-order valence-electron chi connectivity index (χ4n) is 3.99. The lowest BCUT2D eigenvalue weighted by Crippen LogP contribution is -2.56. The zero-order valence-electron chi connectivity index (χ0n) is 22.8. The summed E-state index contributed by atoms with van der Waals surface area (Å²) in [5.41, 5.74) is 5.93. The van der Waals surface area contributed by atoms with E-state index in [2.05, 4.69) is 15.3 Å². The van der Waals surface area contributed by atoms with Gasteiger partial charge in [-0.2, -0.15) is 0 Å². The molecule has 1 aromatic heterocycles. The van der Waals surface area contributed by atoms with Crippen molar-refractivity contribution >= 4 is 29.7 Å². The van der Waals surface area contributed by atoms with Crippen LogP contribution in [0.25, 0.3) is 11.4 Å². The van der Waals surface area contributed by atoms with Gasteiger partial charge in [0.05, 0.1) is 6.61 Å². The van der Waals surface area contributed by atoms with Crippen molar-refractivity contribution in [3.8, 4) is 11.4 Å². The first kappa shape index (κ1) is 29.3. The highest BCUT2D eigenvalue weighted by molar-refractivity contribution is 5.97. The number of ether oxygens (including phenoxy) is 2. The van der Waals surface area contributed by atoms with Crippen LogP contribution >= 0.6 is 0 Å². The van der Waals surface area contributed by atoms with Crippen LogP contribution < -0.4 is 11.1 Å². The predicted octanol–water partition coefficient (Wildman–Crippen LogP) is 2.25. The zero-order valence-corrected chi connectivity index (χ0v) is 22.8. The Morgan fingerprint density at radius 3 is 2.28 bits per heavy atom. The molecule has 0 unspecified atom stereocenters. The van der Waals surface area contributed by atoms with Gasteiger partial charge in [-0.05, 0) is 34.1 Å². The van der Waals surface area contributed by atoms with Crippen LogP contribution in [0.15, 0.2) is 36.4 Å². The van der Waals surface area contributed by atoms with Crippen molar-refractivity contribution in [1.29, 1.82) is 0 Å². The summed E-state index contributed by atoms with van der Waals surface area (Å²) in [6.45, 7) is 8.34. The van der Waals surface area contributed by atoms with Gasteiger partial charge < -0.3 is 30.3 Å². The minimum atomic E-state index is -1.03. The van der Waals surface area contributed by atoms with Crippen molar-refractivity contribution in [2.24, 2.45) is 0 Å². The van der Waals surface area contributed by atoms with Crippen LogP contribution in [0.2, 0.25) is 0 Å². The first-order valence-electron chi connectivity index (χ1n) is 12.9. The van der Waals surface area contributed by atoms with Crippen LogP contribution in [-0.4, -0.2) is 88.1 Å². The number of piperazine rings is 1. The maximum atomic E-state index is 13.5. The second-order valence-electron chi connectivity index (χ2n) is 10.0. The molecule has 3 amide bonds. The van der Waals surface area contributed by atoms with Gasteiger partial charge in [0, 0.05) is 44.2 Å². The van der Waals surface area contributed by atoms with Crippen LogP contribution in [0.5, 0.6) is 0 Å². The van der Waals surface area contributed by atoms with E-state index in [1.807, 2.05) is 18.2 Å². The third-order valence-corrected chi connectivity index (χ3v) is 5.79. The minimum Gasteiger partial charge on any atom is -0.460 e. The summed E-state index contributed by atoms with van der Waals surface area (Å²) in [5, 5.41) is 2.72. The van der Waals surface area contributed by atoms with E-state index in [-0.39, 0.29) is 55.8 Å². The number of aromatic nitrogens is 2. The average molecular weight is 541 g/mol. The van der Waals surface area contributed by atoms with Crippen molar-refractivity contribution in [2.45, 2.75) is 52.2 Å². The Bertz CT molecular complexity index is 1180. The number of nitrogens with two attached hydrogens (primary N) is 1. The molecule has 0 spiro atoms. The average Bonchev–Trinajstić information content (AvgIpc) is 2.90. The summed E-state index contributed by atoms with van der Waals surface area (Å²) < 4.78 is 10.4. The lowest BCUT2D eigenvalue weighted by atomic mass is 10.1. The molecule has 0 saturated carbocycles. The number of carbonyl (C=O) groups is 4. The molecular formula is C27H36N6O6. The molecule has 3 rings (SSSR count). The molecule has 0 radical (unpaired) electrons. The van der Waals surface area contributed by atoms with Gasteiger partial charge >= 0.3 is 12.1 Å². The van der Waals surface area contributed by atoms with Gasteiger partial charge in [0.2, 0.25) is 5.91 Å². The first-order valence-corrected chi connectivity index (χ1v) is 12.9. The molecule has 39 heavy (non-hydrogen) atoms. The van der Waals surface area contributed by atoms with Crippen molar-refractivity contribution in [2.75, 3.05) is 38.5 Å². The largest absolute Gasteiger partial charge is 0.460 e. The maximum Gasteiger partial charge on any atom is 0.409 e. The number of hydrogen-bond donors (Lipinski definition) is 2. The second kappa shape index (κ2) is 13.0. The van der Waals surface area contributed by atoms with E-state index in [9.17, 15) is 19.2 Å². The van der Waals surface area contributed by atoms with Crippen molar-refractivity contribution in [1.82, 2.24) is 25.1 Å². The molecule has 1 fully saturated rings. The third kappa shape index (κ3) is 8.66. The molecule has 1 aliphatic rings. The number of esters is 1. The number of carbonyl (C=O) groups excluding carboxylic acids is 4. The molecule has 1 saturated heterocycles. The number of rotatable bonds is 8. The molecule has 2 heterocycles. The minimum absolute atomic E-state index is 0.0106. The van der Waals surface area contributed by atoms with E-state index < -0.39 is 29.6 Å². The van der Waals surface area contributed by atoms with Crippen LogP contribution in [0, 0.1) is 0 Å². The van der Waals surface area contributed by atoms with E-state index in [0.29, 0.717) is 18.7 Å². The van der Waals surface area contributed by atoms with Crippen LogP contribution in [0.3, 0.4) is 0 Å². The number of nitrogen functional groups attached to an aromatic ring is 1.